The molecule has 0 fully saturated rings. The molecule has 0 spiro atoms. The van der Waals surface area contributed by atoms with Gasteiger partial charge in [0.2, 0.25) is 5.91 Å². The van der Waals surface area contributed by atoms with Crippen molar-refractivity contribution in [1.29, 1.82) is 0 Å². The van der Waals surface area contributed by atoms with Crippen LogP contribution in [0.4, 0.5) is 0 Å². The van der Waals surface area contributed by atoms with Crippen LogP contribution in [0.25, 0.3) is 0 Å². The average Bonchev–Trinajstić information content (AvgIpc) is 2.37. The summed E-state index contributed by atoms with van der Waals surface area (Å²) in [6, 6.07) is 0. The van der Waals surface area contributed by atoms with Gasteiger partial charge in [0.05, 0.1) is 0 Å². The molecule has 0 unspecified atom stereocenters. The van der Waals surface area contributed by atoms with Gasteiger partial charge in [0.15, 0.2) is 0 Å². The van der Waals surface area contributed by atoms with Gasteiger partial charge in [0.1, 0.15) is 0 Å². The summed E-state index contributed by atoms with van der Waals surface area (Å²) in [5.41, 5.74) is 5.28. The predicted molar refractivity (Wildman–Crippen MR) is 82.8 cm³/mol. The first-order valence-corrected chi connectivity index (χ1v) is 8.27. The van der Waals surface area contributed by atoms with Gasteiger partial charge in [-0.2, -0.15) is 11.8 Å². The highest BCUT2D eigenvalue weighted by Crippen LogP contribution is 2.32. The zero-order valence-corrected chi connectivity index (χ0v) is 12.9. The van der Waals surface area contributed by atoms with Gasteiger partial charge in [0.25, 0.3) is 0 Å². The first kappa shape index (κ1) is 17.6. The summed E-state index contributed by atoms with van der Waals surface area (Å²) >= 11 is 1.94. The molecule has 0 bridgehead atoms. The number of thioether (sulfide) groups is 1. The predicted octanol–water partition coefficient (Wildman–Crippen LogP) is 4.15. The van der Waals surface area contributed by atoms with Crippen molar-refractivity contribution in [1.82, 2.24) is 0 Å². The highest BCUT2D eigenvalue weighted by atomic mass is 32.2. The van der Waals surface area contributed by atoms with Crippen LogP contribution >= 0.6 is 11.8 Å². The molecule has 0 atom stereocenters. The van der Waals surface area contributed by atoms with Gasteiger partial charge in [-0.15, -0.1) is 6.58 Å². The Hall–Kier alpha value is -0.440. The fourth-order valence-electron chi connectivity index (χ4n) is 2.26. The van der Waals surface area contributed by atoms with Crippen LogP contribution < -0.4 is 5.73 Å². The zero-order chi connectivity index (χ0) is 13.9. The lowest BCUT2D eigenvalue weighted by molar-refractivity contribution is -0.128. The van der Waals surface area contributed by atoms with E-state index in [0.29, 0.717) is 0 Å². The Bertz CT molecular complexity index is 237. The standard InChI is InChI=1S/C15H29NOS/c1-4-12-18-13-10-8-7-9-11-15(5-2,6-3)14(16)17/h4H,1,5-13H2,2-3H3,(H2,16,17). The highest BCUT2D eigenvalue weighted by Gasteiger charge is 2.31. The van der Waals surface area contributed by atoms with Crippen molar-refractivity contribution < 1.29 is 4.79 Å². The largest absolute Gasteiger partial charge is 0.369 e. The highest BCUT2D eigenvalue weighted by molar-refractivity contribution is 7.99. The van der Waals surface area contributed by atoms with Crippen molar-refractivity contribution in [2.75, 3.05) is 11.5 Å². The molecule has 0 aromatic heterocycles. The van der Waals surface area contributed by atoms with Crippen LogP contribution in [0.2, 0.25) is 0 Å². The van der Waals surface area contributed by atoms with E-state index in [2.05, 4.69) is 20.4 Å². The molecule has 0 saturated heterocycles. The van der Waals surface area contributed by atoms with E-state index >= 15 is 0 Å². The molecule has 106 valence electrons. The molecule has 0 aliphatic carbocycles. The number of nitrogens with two attached hydrogens (primary N) is 1. The molecule has 0 aliphatic heterocycles. The second-order valence-corrected chi connectivity index (χ2v) is 6.03. The number of amides is 1. The Morgan fingerprint density at radius 2 is 1.83 bits per heavy atom. The average molecular weight is 271 g/mol. The van der Waals surface area contributed by atoms with Crippen LogP contribution in [0.15, 0.2) is 12.7 Å². The number of hydrogen-bond acceptors (Lipinski definition) is 2. The number of carbonyl (C=O) groups is 1. The number of rotatable bonds is 12. The van der Waals surface area contributed by atoms with E-state index in [1.54, 1.807) is 0 Å². The summed E-state index contributed by atoms with van der Waals surface area (Å²) < 4.78 is 0. The van der Waals surface area contributed by atoms with Gasteiger partial charge in [-0.3, -0.25) is 4.79 Å². The molecular weight excluding hydrogens is 242 g/mol. The third-order valence-corrected chi connectivity index (χ3v) is 4.85. The number of unbranched alkanes of at least 4 members (excludes halogenated alkanes) is 3. The van der Waals surface area contributed by atoms with Gasteiger partial charge in [-0.1, -0.05) is 39.2 Å². The fourth-order valence-corrected chi connectivity index (χ4v) is 3.00. The SMILES string of the molecule is C=CCSCCCCCCC(CC)(CC)C(N)=O. The maximum absolute atomic E-state index is 11.5. The zero-order valence-electron chi connectivity index (χ0n) is 12.0. The molecule has 18 heavy (non-hydrogen) atoms. The lowest BCUT2D eigenvalue weighted by Gasteiger charge is -2.27. The van der Waals surface area contributed by atoms with E-state index in [4.69, 9.17) is 5.73 Å². The minimum atomic E-state index is -0.252. The van der Waals surface area contributed by atoms with Gasteiger partial charge in [0, 0.05) is 11.2 Å². The number of hydrogen-bond donors (Lipinski definition) is 1. The van der Waals surface area contributed by atoms with Crippen LogP contribution in [-0.4, -0.2) is 17.4 Å². The van der Waals surface area contributed by atoms with Gasteiger partial charge in [-0.05, 0) is 31.4 Å². The quantitative estimate of drug-likeness (QED) is 0.428. The fraction of sp³-hybridized carbons (Fsp3) is 0.800. The second-order valence-electron chi connectivity index (χ2n) is 4.88. The maximum Gasteiger partial charge on any atom is 0.223 e. The van der Waals surface area contributed by atoms with Crippen LogP contribution in [0.1, 0.15) is 58.8 Å². The first-order chi connectivity index (χ1) is 8.63. The molecule has 3 heteroatoms. The van der Waals surface area contributed by atoms with Crippen molar-refractivity contribution in [2.24, 2.45) is 11.1 Å². The molecule has 2 nitrogen and oxygen atoms in total. The third kappa shape index (κ3) is 6.48. The minimum absolute atomic E-state index is 0.117. The van der Waals surface area contributed by atoms with Gasteiger partial charge < -0.3 is 5.73 Å². The number of carbonyl (C=O) groups excluding carboxylic acids is 1. The molecule has 0 radical (unpaired) electrons. The summed E-state index contributed by atoms with van der Waals surface area (Å²) in [6.07, 6.45) is 9.50. The van der Waals surface area contributed by atoms with Crippen LogP contribution in [0, 0.1) is 5.41 Å². The summed E-state index contributed by atoms with van der Waals surface area (Å²) in [5, 5.41) is 0. The molecule has 0 rings (SSSR count). The second kappa shape index (κ2) is 10.5. The van der Waals surface area contributed by atoms with Crippen molar-refractivity contribution in [2.45, 2.75) is 58.8 Å². The Labute approximate surface area is 117 Å². The molecule has 1 amide bonds. The molecule has 0 aliphatic rings. The maximum atomic E-state index is 11.5. The lowest BCUT2D eigenvalue weighted by Crippen LogP contribution is -2.36. The molecule has 2 N–H and O–H groups in total. The Morgan fingerprint density at radius 3 is 2.33 bits per heavy atom. The van der Waals surface area contributed by atoms with Crippen molar-refractivity contribution >= 4 is 17.7 Å². The van der Waals surface area contributed by atoms with Crippen LogP contribution in [0.3, 0.4) is 0 Å². The molecule has 0 heterocycles. The van der Waals surface area contributed by atoms with Crippen molar-refractivity contribution in [3.63, 3.8) is 0 Å². The van der Waals surface area contributed by atoms with E-state index in [1.165, 1.54) is 25.0 Å². The summed E-state index contributed by atoms with van der Waals surface area (Å²) in [4.78, 5) is 11.5. The molecule has 0 aromatic rings. The smallest absolute Gasteiger partial charge is 0.223 e. The summed E-state index contributed by atoms with van der Waals surface area (Å²) in [7, 11) is 0. The van der Waals surface area contributed by atoms with E-state index < -0.39 is 0 Å². The van der Waals surface area contributed by atoms with E-state index in [-0.39, 0.29) is 11.3 Å². The topological polar surface area (TPSA) is 43.1 Å². The Balaban J connectivity index is 3.68. The molecule has 0 saturated carbocycles. The normalized spacial score (nSPS) is 11.4. The van der Waals surface area contributed by atoms with Crippen molar-refractivity contribution in [3.8, 4) is 0 Å². The van der Waals surface area contributed by atoms with Crippen LogP contribution in [0.5, 0.6) is 0 Å². The van der Waals surface area contributed by atoms with Gasteiger partial charge in [-0.25, -0.2) is 0 Å². The summed E-state index contributed by atoms with van der Waals surface area (Å²) in [6.45, 7) is 7.84. The Morgan fingerprint density at radius 1 is 1.22 bits per heavy atom. The van der Waals surface area contributed by atoms with Gasteiger partial charge >= 0.3 is 0 Å². The van der Waals surface area contributed by atoms with Crippen LogP contribution in [-0.2, 0) is 4.79 Å². The van der Waals surface area contributed by atoms with E-state index in [9.17, 15) is 4.79 Å². The first-order valence-electron chi connectivity index (χ1n) is 7.11. The van der Waals surface area contributed by atoms with E-state index in [1.807, 2.05) is 17.8 Å². The third-order valence-electron chi connectivity index (χ3n) is 3.81. The summed E-state index contributed by atoms with van der Waals surface area (Å²) in [5.74, 6) is 2.15. The lowest BCUT2D eigenvalue weighted by atomic mass is 9.77. The van der Waals surface area contributed by atoms with E-state index in [0.717, 1.165) is 31.4 Å². The molecular formula is C15H29NOS. The Kier molecular flexibility index (Phi) is 10.2. The monoisotopic (exact) mass is 271 g/mol. The molecule has 0 aromatic carbocycles. The number of primary amides is 1. The van der Waals surface area contributed by atoms with Crippen molar-refractivity contribution in [3.05, 3.63) is 12.7 Å². The minimum Gasteiger partial charge on any atom is -0.369 e.